The van der Waals surface area contributed by atoms with E-state index in [9.17, 15) is 9.59 Å². The predicted molar refractivity (Wildman–Crippen MR) is 109 cm³/mol. The maximum Gasteiger partial charge on any atom is 0.241 e. The summed E-state index contributed by atoms with van der Waals surface area (Å²) in [5.41, 5.74) is 1.36. The molecule has 3 heterocycles. The molecule has 2 amide bonds. The van der Waals surface area contributed by atoms with E-state index in [0.29, 0.717) is 32.8 Å². The molecule has 0 radical (unpaired) electrons. The molecule has 0 saturated carbocycles. The molecule has 29 heavy (non-hydrogen) atoms. The lowest BCUT2D eigenvalue weighted by atomic mass is 9.74. The van der Waals surface area contributed by atoms with Crippen LogP contribution in [-0.2, 0) is 15.0 Å². The molecule has 2 N–H and O–H groups in total. The third-order valence-corrected chi connectivity index (χ3v) is 6.07. The average molecular weight is 428 g/mol. The highest BCUT2D eigenvalue weighted by atomic mass is 35.5. The third kappa shape index (κ3) is 2.58. The molecule has 146 valence electrons. The molecule has 2 aromatic carbocycles. The summed E-state index contributed by atoms with van der Waals surface area (Å²) in [6.45, 7) is 1.94. The summed E-state index contributed by atoms with van der Waals surface area (Å²) in [5, 5.41) is 15.4. The van der Waals surface area contributed by atoms with Gasteiger partial charge >= 0.3 is 0 Å². The number of hydrogen-bond acceptors (Lipinski definition) is 4. The maximum absolute atomic E-state index is 13.1. The number of anilines is 2. The fourth-order valence-corrected chi connectivity index (χ4v) is 4.39. The van der Waals surface area contributed by atoms with Crippen LogP contribution in [-0.4, -0.2) is 26.8 Å². The minimum absolute atomic E-state index is 0.0623. The first-order chi connectivity index (χ1) is 13.9. The van der Waals surface area contributed by atoms with Gasteiger partial charge in [-0.15, -0.1) is 5.10 Å². The number of fused-ring (bicyclic) bond motifs is 4. The molecule has 9 heteroatoms. The minimum Gasteiger partial charge on any atom is -0.325 e. The Morgan fingerprint density at radius 2 is 1.79 bits per heavy atom. The lowest BCUT2D eigenvalue weighted by Gasteiger charge is -2.30. The fraction of sp³-hybridized carbons (Fsp3) is 0.200. The summed E-state index contributed by atoms with van der Waals surface area (Å²) in [6.07, 6.45) is -0.0623. The molecule has 0 saturated heterocycles. The lowest BCUT2D eigenvalue weighted by molar-refractivity contribution is -0.125. The molecule has 0 bridgehead atoms. The second kappa shape index (κ2) is 6.30. The molecule has 2 aliphatic rings. The van der Waals surface area contributed by atoms with Crippen LogP contribution in [0.2, 0.25) is 10.0 Å². The molecule has 3 aromatic rings. The fourth-order valence-electron chi connectivity index (χ4n) is 4.09. The van der Waals surface area contributed by atoms with Crippen LogP contribution in [0.1, 0.15) is 36.2 Å². The van der Waals surface area contributed by atoms with Gasteiger partial charge in [-0.1, -0.05) is 40.5 Å². The van der Waals surface area contributed by atoms with Crippen LogP contribution in [0.3, 0.4) is 0 Å². The number of halogens is 2. The Kier molecular flexibility index (Phi) is 3.94. The van der Waals surface area contributed by atoms with E-state index in [0.717, 1.165) is 5.56 Å². The van der Waals surface area contributed by atoms with Crippen LogP contribution < -0.4 is 10.6 Å². The zero-order valence-electron chi connectivity index (χ0n) is 15.2. The highest BCUT2D eigenvalue weighted by molar-refractivity contribution is 6.31. The molecule has 1 spiro atoms. The van der Waals surface area contributed by atoms with Crippen LogP contribution >= 0.6 is 23.2 Å². The lowest BCUT2D eigenvalue weighted by Crippen LogP contribution is -2.44. The highest BCUT2D eigenvalue weighted by Gasteiger charge is 2.56. The van der Waals surface area contributed by atoms with Gasteiger partial charge in [0.2, 0.25) is 11.8 Å². The first kappa shape index (κ1) is 18.1. The zero-order chi connectivity index (χ0) is 20.3. The van der Waals surface area contributed by atoms with E-state index in [1.807, 2.05) is 19.1 Å². The van der Waals surface area contributed by atoms with Crippen molar-refractivity contribution in [2.24, 2.45) is 0 Å². The van der Waals surface area contributed by atoms with E-state index in [-0.39, 0.29) is 24.3 Å². The van der Waals surface area contributed by atoms with Crippen molar-refractivity contribution in [3.05, 3.63) is 69.3 Å². The van der Waals surface area contributed by atoms with Crippen LogP contribution in [0.5, 0.6) is 0 Å². The van der Waals surface area contributed by atoms with Gasteiger partial charge in [0.1, 0.15) is 11.1 Å². The average Bonchev–Trinajstić information content (AvgIpc) is 3.22. The Morgan fingerprint density at radius 1 is 1.07 bits per heavy atom. The molecular weight excluding hydrogens is 413 g/mol. The van der Waals surface area contributed by atoms with Crippen molar-refractivity contribution < 1.29 is 9.59 Å². The van der Waals surface area contributed by atoms with Gasteiger partial charge in [-0.3, -0.25) is 9.59 Å². The number of carbonyl (C=O) groups excluding carboxylic acids is 2. The van der Waals surface area contributed by atoms with E-state index >= 15 is 0 Å². The summed E-state index contributed by atoms with van der Waals surface area (Å²) < 4.78 is 1.62. The van der Waals surface area contributed by atoms with Crippen molar-refractivity contribution in [2.75, 3.05) is 10.6 Å². The van der Waals surface area contributed by atoms with Crippen molar-refractivity contribution in [1.82, 2.24) is 15.0 Å². The van der Waals surface area contributed by atoms with Gasteiger partial charge in [0, 0.05) is 15.7 Å². The number of rotatable bonds is 2. The number of benzene rings is 2. The molecule has 0 aliphatic carbocycles. The Morgan fingerprint density at radius 3 is 2.55 bits per heavy atom. The Balaban J connectivity index is 1.68. The quantitative estimate of drug-likeness (QED) is 0.651. The third-order valence-electron chi connectivity index (χ3n) is 5.58. The summed E-state index contributed by atoms with van der Waals surface area (Å²) in [5.74, 6) is -0.184. The molecule has 2 aliphatic heterocycles. The van der Waals surface area contributed by atoms with Gasteiger partial charge in [0.05, 0.1) is 12.5 Å². The molecule has 1 aromatic heterocycles. The second-order valence-corrected chi connectivity index (χ2v) is 8.11. The van der Waals surface area contributed by atoms with Crippen molar-refractivity contribution in [3.63, 3.8) is 0 Å². The van der Waals surface area contributed by atoms with Crippen molar-refractivity contribution >= 4 is 46.5 Å². The molecule has 2 atom stereocenters. The van der Waals surface area contributed by atoms with Gasteiger partial charge in [-0.25, -0.2) is 4.68 Å². The number of nitrogens with one attached hydrogen (secondary N) is 2. The number of amides is 2. The van der Waals surface area contributed by atoms with E-state index < -0.39 is 5.41 Å². The van der Waals surface area contributed by atoms with Crippen molar-refractivity contribution in [3.8, 4) is 0 Å². The molecular formula is C20H15Cl2N5O2. The van der Waals surface area contributed by atoms with Gasteiger partial charge in [0.15, 0.2) is 5.82 Å². The number of carbonyl (C=O) groups is 2. The van der Waals surface area contributed by atoms with E-state index in [1.54, 1.807) is 35.0 Å². The topological polar surface area (TPSA) is 88.9 Å². The Hall–Kier alpha value is -2.90. The van der Waals surface area contributed by atoms with Gasteiger partial charge in [-0.2, -0.15) is 0 Å². The predicted octanol–water partition coefficient (Wildman–Crippen LogP) is 3.77. The smallest absolute Gasteiger partial charge is 0.241 e. The Labute approximate surface area is 176 Å². The van der Waals surface area contributed by atoms with Crippen molar-refractivity contribution in [2.45, 2.75) is 24.8 Å². The SMILES string of the molecule is C[C@@H](c1ccc(Cl)cc1)n1nnc2c1NC(=O)C[C@]21C(=O)Nc2ccc(Cl)cc21. The monoisotopic (exact) mass is 427 g/mol. The van der Waals surface area contributed by atoms with Crippen LogP contribution in [0.25, 0.3) is 0 Å². The van der Waals surface area contributed by atoms with Crippen LogP contribution in [0.15, 0.2) is 42.5 Å². The summed E-state index contributed by atoms with van der Waals surface area (Å²) in [4.78, 5) is 25.8. The Bertz CT molecular complexity index is 1170. The largest absolute Gasteiger partial charge is 0.325 e. The first-order valence-corrected chi connectivity index (χ1v) is 9.78. The van der Waals surface area contributed by atoms with Crippen LogP contribution in [0, 0.1) is 0 Å². The van der Waals surface area contributed by atoms with Gasteiger partial charge < -0.3 is 10.6 Å². The first-order valence-electron chi connectivity index (χ1n) is 9.02. The van der Waals surface area contributed by atoms with Crippen LogP contribution in [0.4, 0.5) is 11.5 Å². The molecule has 5 rings (SSSR count). The standard InChI is InChI=1S/C20H15Cl2N5O2/c1-10(11-2-4-12(21)5-3-11)27-18-17(25-26-27)20(9-16(28)24-18)14-8-13(22)6-7-15(14)23-19(20)29/h2-8,10H,9H2,1H3,(H,23,29)(H,24,28)/t10-,20+/m0/s1. The maximum atomic E-state index is 13.1. The van der Waals surface area contributed by atoms with Crippen molar-refractivity contribution in [1.29, 1.82) is 0 Å². The number of hydrogen-bond donors (Lipinski definition) is 2. The zero-order valence-corrected chi connectivity index (χ0v) is 16.8. The van der Waals surface area contributed by atoms with E-state index in [4.69, 9.17) is 23.2 Å². The molecule has 0 unspecified atom stereocenters. The number of nitrogens with zero attached hydrogens (tertiary/aromatic N) is 3. The highest BCUT2D eigenvalue weighted by Crippen LogP contribution is 2.50. The van der Waals surface area contributed by atoms with Gasteiger partial charge in [-0.05, 0) is 48.4 Å². The minimum atomic E-state index is -1.25. The van der Waals surface area contributed by atoms with Gasteiger partial charge in [0.25, 0.3) is 0 Å². The van der Waals surface area contributed by atoms with E-state index in [1.165, 1.54) is 0 Å². The van der Waals surface area contributed by atoms with E-state index in [2.05, 4.69) is 20.9 Å². The summed E-state index contributed by atoms with van der Waals surface area (Å²) in [7, 11) is 0. The second-order valence-electron chi connectivity index (χ2n) is 7.23. The normalized spacial score (nSPS) is 20.8. The molecule has 7 nitrogen and oxygen atoms in total. The summed E-state index contributed by atoms with van der Waals surface area (Å²) >= 11 is 12.2. The number of aromatic nitrogens is 3. The summed E-state index contributed by atoms with van der Waals surface area (Å²) in [6, 6.07) is 12.3. The molecule has 0 fully saturated rings.